The molecule has 0 aliphatic heterocycles. The molecule has 0 spiro atoms. The Labute approximate surface area is 141 Å². The molecular weight excluding hydrogens is 322 g/mol. The summed E-state index contributed by atoms with van der Waals surface area (Å²) >= 11 is 0. The van der Waals surface area contributed by atoms with E-state index >= 15 is 0 Å². The van der Waals surface area contributed by atoms with Crippen LogP contribution in [0.15, 0.2) is 61.7 Å². The van der Waals surface area contributed by atoms with Crippen LogP contribution in [0.3, 0.4) is 0 Å². The van der Waals surface area contributed by atoms with Crippen LogP contribution in [-0.2, 0) is 0 Å². The minimum atomic E-state index is -0.369. The highest BCUT2D eigenvalue weighted by molar-refractivity contribution is 6.08. The third-order valence-electron chi connectivity index (χ3n) is 3.27. The van der Waals surface area contributed by atoms with Gasteiger partial charge in [-0.3, -0.25) is 4.79 Å². The van der Waals surface area contributed by atoms with Crippen LogP contribution in [0, 0.1) is 0 Å². The largest absolute Gasteiger partial charge is 0.452 e. The van der Waals surface area contributed by atoms with Crippen molar-refractivity contribution in [1.82, 2.24) is 29.5 Å². The van der Waals surface area contributed by atoms with Crippen LogP contribution in [-0.4, -0.2) is 35.5 Å². The number of pyridine rings is 2. The number of fused-ring (bicyclic) bond motifs is 1. The second-order valence-electron chi connectivity index (χ2n) is 4.96. The standard InChI is InChI=1S/C16H11N7O2/c24-16(22-14-3-1-2-4-19-14)13-5-11(8-23-15(13)20-10-21-23)25-12-6-17-9-18-7-12/h1-10H,(H,19,22,24). The lowest BCUT2D eigenvalue weighted by atomic mass is 10.2. The fourth-order valence-corrected chi connectivity index (χ4v) is 2.22. The van der Waals surface area contributed by atoms with Gasteiger partial charge in [0.2, 0.25) is 0 Å². The first-order valence-corrected chi connectivity index (χ1v) is 7.28. The van der Waals surface area contributed by atoms with Gasteiger partial charge in [0.15, 0.2) is 11.4 Å². The molecule has 0 aromatic carbocycles. The number of nitrogens with zero attached hydrogens (tertiary/aromatic N) is 6. The van der Waals surface area contributed by atoms with Crippen LogP contribution in [0.25, 0.3) is 5.65 Å². The molecule has 4 aromatic heterocycles. The number of amides is 1. The molecule has 0 aliphatic carbocycles. The highest BCUT2D eigenvalue weighted by Crippen LogP contribution is 2.23. The topological polar surface area (TPSA) is 107 Å². The number of hydrogen-bond donors (Lipinski definition) is 1. The van der Waals surface area contributed by atoms with Gasteiger partial charge >= 0.3 is 0 Å². The number of rotatable bonds is 4. The molecule has 0 atom stereocenters. The predicted molar refractivity (Wildman–Crippen MR) is 87.3 cm³/mol. The molecular formula is C16H11N7O2. The van der Waals surface area contributed by atoms with Crippen LogP contribution in [0.4, 0.5) is 5.82 Å². The van der Waals surface area contributed by atoms with E-state index in [2.05, 4.69) is 30.4 Å². The third-order valence-corrected chi connectivity index (χ3v) is 3.27. The fraction of sp³-hybridized carbons (Fsp3) is 0. The van der Waals surface area contributed by atoms with E-state index in [9.17, 15) is 4.79 Å². The van der Waals surface area contributed by atoms with Crippen LogP contribution in [0.1, 0.15) is 10.4 Å². The lowest BCUT2D eigenvalue weighted by Crippen LogP contribution is -2.14. The Kier molecular flexibility index (Phi) is 3.71. The van der Waals surface area contributed by atoms with E-state index in [1.165, 1.54) is 29.6 Å². The monoisotopic (exact) mass is 333 g/mol. The summed E-state index contributed by atoms with van der Waals surface area (Å²) in [5.74, 6) is 0.913. The molecule has 0 unspecified atom stereocenters. The molecule has 0 aliphatic rings. The first-order chi connectivity index (χ1) is 12.3. The van der Waals surface area contributed by atoms with Crippen LogP contribution >= 0.6 is 0 Å². The van der Waals surface area contributed by atoms with E-state index in [4.69, 9.17) is 4.74 Å². The van der Waals surface area contributed by atoms with Crippen molar-refractivity contribution < 1.29 is 9.53 Å². The van der Waals surface area contributed by atoms with E-state index in [1.807, 2.05) is 0 Å². The van der Waals surface area contributed by atoms with E-state index in [0.29, 0.717) is 28.5 Å². The normalized spacial score (nSPS) is 10.6. The molecule has 0 saturated carbocycles. The van der Waals surface area contributed by atoms with E-state index in [-0.39, 0.29) is 5.91 Å². The minimum absolute atomic E-state index is 0.303. The van der Waals surface area contributed by atoms with Gasteiger partial charge in [0, 0.05) is 6.20 Å². The molecule has 0 saturated heterocycles. The van der Waals surface area contributed by atoms with Crippen molar-refractivity contribution in [2.45, 2.75) is 0 Å². The summed E-state index contributed by atoms with van der Waals surface area (Å²) in [4.78, 5) is 28.6. The first-order valence-electron chi connectivity index (χ1n) is 7.28. The van der Waals surface area contributed by atoms with Gasteiger partial charge in [-0.2, -0.15) is 5.10 Å². The molecule has 122 valence electrons. The van der Waals surface area contributed by atoms with Crippen molar-refractivity contribution in [1.29, 1.82) is 0 Å². The average molecular weight is 333 g/mol. The zero-order valence-corrected chi connectivity index (χ0v) is 12.8. The third kappa shape index (κ3) is 3.11. The maximum atomic E-state index is 12.6. The van der Waals surface area contributed by atoms with Gasteiger partial charge in [0.05, 0.1) is 24.2 Å². The molecule has 9 nitrogen and oxygen atoms in total. The van der Waals surface area contributed by atoms with Crippen molar-refractivity contribution in [2.75, 3.05) is 5.32 Å². The van der Waals surface area contributed by atoms with E-state index < -0.39 is 0 Å². The molecule has 1 amide bonds. The van der Waals surface area contributed by atoms with Gasteiger partial charge in [-0.25, -0.2) is 24.5 Å². The molecule has 0 radical (unpaired) electrons. The Morgan fingerprint density at radius 2 is 1.96 bits per heavy atom. The van der Waals surface area contributed by atoms with Gasteiger partial charge in [-0.05, 0) is 18.2 Å². The Morgan fingerprint density at radius 1 is 1.08 bits per heavy atom. The predicted octanol–water partition coefficient (Wildman–Crippen LogP) is 1.96. The summed E-state index contributed by atoms with van der Waals surface area (Å²) in [6.45, 7) is 0. The second-order valence-corrected chi connectivity index (χ2v) is 4.96. The van der Waals surface area contributed by atoms with E-state index in [0.717, 1.165) is 0 Å². The zero-order valence-electron chi connectivity index (χ0n) is 12.8. The number of carbonyl (C=O) groups excluding carboxylic acids is 1. The number of hydrogen-bond acceptors (Lipinski definition) is 7. The number of anilines is 1. The molecule has 0 bridgehead atoms. The average Bonchev–Trinajstić information content (AvgIpc) is 3.11. The summed E-state index contributed by atoms with van der Waals surface area (Å²) < 4.78 is 7.15. The summed E-state index contributed by atoms with van der Waals surface area (Å²) in [5, 5.41) is 6.79. The van der Waals surface area contributed by atoms with Crippen LogP contribution in [0.2, 0.25) is 0 Å². The number of aromatic nitrogens is 6. The summed E-state index contributed by atoms with van der Waals surface area (Å²) in [7, 11) is 0. The van der Waals surface area contributed by atoms with Gasteiger partial charge in [-0.1, -0.05) is 6.07 Å². The van der Waals surface area contributed by atoms with Gasteiger partial charge in [0.25, 0.3) is 5.91 Å². The van der Waals surface area contributed by atoms with Crippen molar-refractivity contribution in [3.05, 3.63) is 67.3 Å². The Hall–Kier alpha value is -3.88. The number of ether oxygens (including phenoxy) is 1. The number of nitrogens with one attached hydrogen (secondary N) is 1. The van der Waals surface area contributed by atoms with Crippen molar-refractivity contribution in [2.24, 2.45) is 0 Å². The summed E-state index contributed by atoms with van der Waals surface area (Å²) in [5.41, 5.74) is 0.711. The fourth-order valence-electron chi connectivity index (χ4n) is 2.22. The Bertz CT molecular complexity index is 1020. The first kappa shape index (κ1) is 14.7. The van der Waals surface area contributed by atoms with Gasteiger partial charge in [-0.15, -0.1) is 0 Å². The molecule has 4 aromatic rings. The number of carbonyl (C=O) groups is 1. The maximum absolute atomic E-state index is 12.6. The van der Waals surface area contributed by atoms with Crippen LogP contribution < -0.4 is 10.1 Å². The lowest BCUT2D eigenvalue weighted by molar-refractivity contribution is 0.102. The van der Waals surface area contributed by atoms with Crippen molar-refractivity contribution >= 4 is 17.4 Å². The Balaban J connectivity index is 1.69. The maximum Gasteiger partial charge on any atom is 0.260 e. The highest BCUT2D eigenvalue weighted by Gasteiger charge is 2.16. The molecule has 0 fully saturated rings. The lowest BCUT2D eigenvalue weighted by Gasteiger charge is -2.09. The summed E-state index contributed by atoms with van der Waals surface area (Å²) in [6.07, 6.45) is 9.02. The van der Waals surface area contributed by atoms with Crippen molar-refractivity contribution in [3.63, 3.8) is 0 Å². The van der Waals surface area contributed by atoms with Crippen molar-refractivity contribution in [3.8, 4) is 11.5 Å². The van der Waals surface area contributed by atoms with Gasteiger partial charge < -0.3 is 10.1 Å². The smallest absolute Gasteiger partial charge is 0.260 e. The molecule has 4 heterocycles. The molecule has 9 heteroatoms. The highest BCUT2D eigenvalue weighted by atomic mass is 16.5. The quantitative estimate of drug-likeness (QED) is 0.608. The summed E-state index contributed by atoms with van der Waals surface area (Å²) in [6, 6.07) is 6.82. The van der Waals surface area contributed by atoms with Crippen LogP contribution in [0.5, 0.6) is 11.5 Å². The molecule has 4 rings (SSSR count). The zero-order chi connectivity index (χ0) is 17.1. The molecule has 1 N–H and O–H groups in total. The van der Waals surface area contributed by atoms with Gasteiger partial charge in [0.1, 0.15) is 24.2 Å². The minimum Gasteiger partial charge on any atom is -0.452 e. The Morgan fingerprint density at radius 3 is 2.76 bits per heavy atom. The second kappa shape index (κ2) is 6.32. The molecule has 25 heavy (non-hydrogen) atoms. The SMILES string of the molecule is O=C(Nc1ccccn1)c1cc(Oc2cncnc2)cn2ncnc12. The van der Waals surface area contributed by atoms with E-state index in [1.54, 1.807) is 36.7 Å².